The summed E-state index contributed by atoms with van der Waals surface area (Å²) in [5.41, 5.74) is 2.90. The van der Waals surface area contributed by atoms with E-state index in [9.17, 15) is 14.0 Å². The molecule has 0 saturated heterocycles. The number of hydrogen-bond donors (Lipinski definition) is 2. The Morgan fingerprint density at radius 3 is 2.35 bits per heavy atom. The normalized spacial score (nSPS) is 10.2. The van der Waals surface area contributed by atoms with Crippen LogP contribution in [0.3, 0.4) is 0 Å². The molecule has 0 unspecified atom stereocenters. The zero-order valence-electron chi connectivity index (χ0n) is 15.2. The standard InChI is InChI=1S/C19H22FN3O3/c1-12-6-5-7-13(2)18(12)22-17(24)11-23(3)19(25)21-14-8-9-16(26-4)15(20)10-14/h5-10H,11H2,1-4H3,(H,21,25)(H,22,24). The topological polar surface area (TPSA) is 70.7 Å². The van der Waals surface area contributed by atoms with Crippen molar-refractivity contribution in [1.29, 1.82) is 0 Å². The Bertz CT molecular complexity index is 803. The highest BCUT2D eigenvalue weighted by atomic mass is 19.1. The van der Waals surface area contributed by atoms with Crippen molar-refractivity contribution in [2.24, 2.45) is 0 Å². The Kier molecular flexibility index (Phi) is 6.16. The summed E-state index contributed by atoms with van der Waals surface area (Å²) in [6, 6.07) is 9.28. The molecule has 0 spiro atoms. The lowest BCUT2D eigenvalue weighted by atomic mass is 10.1. The number of benzene rings is 2. The molecule has 0 fully saturated rings. The largest absolute Gasteiger partial charge is 0.494 e. The number of carbonyl (C=O) groups excluding carboxylic acids is 2. The van der Waals surface area contributed by atoms with E-state index in [1.807, 2.05) is 32.0 Å². The summed E-state index contributed by atoms with van der Waals surface area (Å²) < 4.78 is 18.5. The Morgan fingerprint density at radius 1 is 1.12 bits per heavy atom. The second kappa shape index (κ2) is 8.33. The van der Waals surface area contributed by atoms with E-state index < -0.39 is 11.8 Å². The smallest absolute Gasteiger partial charge is 0.322 e. The number of ether oxygens (including phenoxy) is 1. The van der Waals surface area contributed by atoms with Gasteiger partial charge >= 0.3 is 6.03 Å². The van der Waals surface area contributed by atoms with Crippen LogP contribution in [0, 0.1) is 19.7 Å². The number of aryl methyl sites for hydroxylation is 2. The van der Waals surface area contributed by atoms with E-state index in [-0.39, 0.29) is 23.9 Å². The SMILES string of the molecule is COc1ccc(NC(=O)N(C)CC(=O)Nc2c(C)cccc2C)cc1F. The molecule has 2 aromatic carbocycles. The molecule has 6 nitrogen and oxygen atoms in total. The van der Waals surface area contributed by atoms with Crippen LogP contribution < -0.4 is 15.4 Å². The van der Waals surface area contributed by atoms with E-state index in [4.69, 9.17) is 4.74 Å². The number of methoxy groups -OCH3 is 1. The van der Waals surface area contributed by atoms with Crippen LogP contribution in [0.2, 0.25) is 0 Å². The van der Waals surface area contributed by atoms with E-state index >= 15 is 0 Å². The van der Waals surface area contributed by atoms with Crippen molar-refractivity contribution in [3.63, 3.8) is 0 Å². The molecule has 0 heterocycles. The van der Waals surface area contributed by atoms with Gasteiger partial charge in [0.2, 0.25) is 5.91 Å². The van der Waals surface area contributed by atoms with E-state index in [1.54, 1.807) is 0 Å². The second-order valence-corrected chi connectivity index (χ2v) is 5.95. The van der Waals surface area contributed by atoms with E-state index in [0.717, 1.165) is 22.9 Å². The minimum absolute atomic E-state index is 0.0873. The third-order valence-electron chi connectivity index (χ3n) is 3.88. The molecule has 0 saturated carbocycles. The monoisotopic (exact) mass is 359 g/mol. The first-order valence-corrected chi connectivity index (χ1v) is 8.03. The Labute approximate surface area is 152 Å². The van der Waals surface area contributed by atoms with Gasteiger partial charge in [-0.2, -0.15) is 0 Å². The number of nitrogens with zero attached hydrogens (tertiary/aromatic N) is 1. The first kappa shape index (κ1) is 19.2. The van der Waals surface area contributed by atoms with Crippen molar-refractivity contribution >= 4 is 23.3 Å². The Morgan fingerprint density at radius 2 is 1.77 bits per heavy atom. The third kappa shape index (κ3) is 4.72. The van der Waals surface area contributed by atoms with Gasteiger partial charge in [0.25, 0.3) is 0 Å². The molecule has 0 aromatic heterocycles. The van der Waals surface area contributed by atoms with Gasteiger partial charge in [-0.15, -0.1) is 0 Å². The van der Waals surface area contributed by atoms with Gasteiger partial charge in [-0.25, -0.2) is 9.18 Å². The zero-order valence-corrected chi connectivity index (χ0v) is 15.2. The zero-order chi connectivity index (χ0) is 19.3. The minimum atomic E-state index is -0.583. The summed E-state index contributed by atoms with van der Waals surface area (Å²) >= 11 is 0. The number of urea groups is 1. The average molecular weight is 359 g/mol. The van der Waals surface area contributed by atoms with Crippen LogP contribution in [-0.2, 0) is 4.79 Å². The van der Waals surface area contributed by atoms with Crippen LogP contribution in [0.5, 0.6) is 5.75 Å². The minimum Gasteiger partial charge on any atom is -0.494 e. The number of nitrogens with one attached hydrogen (secondary N) is 2. The summed E-state index contributed by atoms with van der Waals surface area (Å²) in [4.78, 5) is 25.6. The van der Waals surface area contributed by atoms with E-state index in [0.29, 0.717) is 0 Å². The molecule has 0 bridgehead atoms. The highest BCUT2D eigenvalue weighted by Crippen LogP contribution is 2.21. The average Bonchev–Trinajstić information content (AvgIpc) is 2.58. The fraction of sp³-hybridized carbons (Fsp3) is 0.263. The molecule has 0 atom stereocenters. The van der Waals surface area contributed by atoms with Gasteiger partial charge < -0.3 is 20.3 Å². The molecule has 0 radical (unpaired) electrons. The summed E-state index contributed by atoms with van der Waals surface area (Å²) in [5.74, 6) is -0.814. The van der Waals surface area contributed by atoms with Gasteiger partial charge in [0.05, 0.1) is 7.11 Å². The lowest BCUT2D eigenvalue weighted by Gasteiger charge is -2.19. The van der Waals surface area contributed by atoms with E-state index in [1.165, 1.54) is 31.2 Å². The third-order valence-corrected chi connectivity index (χ3v) is 3.88. The van der Waals surface area contributed by atoms with Crippen LogP contribution in [-0.4, -0.2) is 37.5 Å². The molecule has 2 aromatic rings. The lowest BCUT2D eigenvalue weighted by Crippen LogP contribution is -2.37. The van der Waals surface area contributed by atoms with Crippen molar-refractivity contribution < 1.29 is 18.7 Å². The summed E-state index contributed by atoms with van der Waals surface area (Å²) in [5, 5.41) is 5.35. The van der Waals surface area contributed by atoms with Crippen molar-refractivity contribution in [2.75, 3.05) is 31.3 Å². The highest BCUT2D eigenvalue weighted by molar-refractivity contribution is 5.97. The van der Waals surface area contributed by atoms with Crippen LogP contribution in [0.1, 0.15) is 11.1 Å². The summed E-state index contributed by atoms with van der Waals surface area (Å²) in [6.45, 7) is 3.66. The molecule has 2 rings (SSSR count). The van der Waals surface area contributed by atoms with Crippen LogP contribution >= 0.6 is 0 Å². The number of rotatable bonds is 5. The molecule has 0 aliphatic rings. The van der Waals surface area contributed by atoms with E-state index in [2.05, 4.69) is 10.6 Å². The number of amides is 3. The maximum atomic E-state index is 13.7. The van der Waals surface area contributed by atoms with Crippen LogP contribution in [0.15, 0.2) is 36.4 Å². The van der Waals surface area contributed by atoms with Crippen molar-refractivity contribution in [1.82, 2.24) is 4.90 Å². The molecule has 26 heavy (non-hydrogen) atoms. The molecule has 3 amide bonds. The number of para-hydroxylation sites is 1. The number of hydrogen-bond acceptors (Lipinski definition) is 3. The fourth-order valence-electron chi connectivity index (χ4n) is 2.44. The van der Waals surface area contributed by atoms with Gasteiger partial charge in [0.15, 0.2) is 11.6 Å². The van der Waals surface area contributed by atoms with Gasteiger partial charge in [-0.1, -0.05) is 18.2 Å². The Balaban J connectivity index is 1.96. The number of likely N-dealkylation sites (N-methyl/N-ethyl adjacent to an activating group) is 1. The fourth-order valence-corrected chi connectivity index (χ4v) is 2.44. The van der Waals surface area contributed by atoms with Crippen molar-refractivity contribution in [3.05, 3.63) is 53.3 Å². The number of anilines is 2. The predicted octanol–water partition coefficient (Wildman–Crippen LogP) is 3.55. The molecule has 0 aliphatic carbocycles. The maximum absolute atomic E-state index is 13.7. The lowest BCUT2D eigenvalue weighted by molar-refractivity contribution is -0.116. The van der Waals surface area contributed by atoms with Crippen LogP contribution in [0.4, 0.5) is 20.6 Å². The molecule has 2 N–H and O–H groups in total. The van der Waals surface area contributed by atoms with Gasteiger partial charge in [0, 0.05) is 24.5 Å². The Hall–Kier alpha value is -3.09. The molecule has 7 heteroatoms. The molecule has 0 aliphatic heterocycles. The van der Waals surface area contributed by atoms with Crippen LogP contribution in [0.25, 0.3) is 0 Å². The first-order chi connectivity index (χ1) is 12.3. The number of carbonyl (C=O) groups is 2. The first-order valence-electron chi connectivity index (χ1n) is 8.03. The van der Waals surface area contributed by atoms with Gasteiger partial charge in [-0.05, 0) is 37.1 Å². The van der Waals surface area contributed by atoms with Crippen molar-refractivity contribution in [2.45, 2.75) is 13.8 Å². The highest BCUT2D eigenvalue weighted by Gasteiger charge is 2.15. The van der Waals surface area contributed by atoms with Crippen molar-refractivity contribution in [3.8, 4) is 5.75 Å². The summed E-state index contributed by atoms with van der Waals surface area (Å²) in [6.07, 6.45) is 0. The second-order valence-electron chi connectivity index (χ2n) is 5.95. The number of halogens is 1. The molecule has 138 valence electrons. The predicted molar refractivity (Wildman–Crippen MR) is 99.1 cm³/mol. The molecular formula is C19H22FN3O3. The summed E-state index contributed by atoms with van der Waals surface area (Å²) in [7, 11) is 2.85. The maximum Gasteiger partial charge on any atom is 0.322 e. The quantitative estimate of drug-likeness (QED) is 0.858. The van der Waals surface area contributed by atoms with Gasteiger partial charge in [0.1, 0.15) is 6.54 Å². The molecular weight excluding hydrogens is 337 g/mol. The van der Waals surface area contributed by atoms with Gasteiger partial charge in [-0.3, -0.25) is 4.79 Å².